The van der Waals surface area contributed by atoms with Gasteiger partial charge in [-0.05, 0) is 52.7 Å². The molecule has 0 heterocycles. The molecule has 2 N–H and O–H groups in total. The second-order valence-electron chi connectivity index (χ2n) is 4.81. The van der Waals surface area contributed by atoms with Gasteiger partial charge in [-0.3, -0.25) is 9.59 Å². The summed E-state index contributed by atoms with van der Waals surface area (Å²) in [6, 6.07) is 12.7. The summed E-state index contributed by atoms with van der Waals surface area (Å²) in [6.45, 7) is 3.66. The number of benzene rings is 2. The molecule has 0 aliphatic rings. The highest BCUT2D eigenvalue weighted by Crippen LogP contribution is 2.25. The average molecular weight is 361 g/mol. The third-order valence-electron chi connectivity index (χ3n) is 3.30. The number of carbonyl (C=O) groups excluding carboxylic acids is 2. The summed E-state index contributed by atoms with van der Waals surface area (Å²) < 4.78 is 0.737. The Kier molecular flexibility index (Phi) is 5.33. The fourth-order valence-electron chi connectivity index (χ4n) is 1.98. The van der Waals surface area contributed by atoms with E-state index >= 15 is 0 Å². The molecule has 0 aromatic heterocycles. The van der Waals surface area contributed by atoms with Crippen LogP contribution in [-0.2, 0) is 4.79 Å². The van der Waals surface area contributed by atoms with E-state index in [2.05, 4.69) is 26.6 Å². The Morgan fingerprint density at radius 3 is 2.27 bits per heavy atom. The molecule has 0 fully saturated rings. The molecule has 5 heteroatoms. The van der Waals surface area contributed by atoms with Crippen molar-refractivity contribution in [3.8, 4) is 0 Å². The SMILES string of the molecule is CCC(=O)Nc1cccc(NC(=O)c2ccccc2Br)c1C. The van der Waals surface area contributed by atoms with Gasteiger partial charge in [0, 0.05) is 22.3 Å². The van der Waals surface area contributed by atoms with Gasteiger partial charge < -0.3 is 10.6 Å². The smallest absolute Gasteiger partial charge is 0.256 e. The van der Waals surface area contributed by atoms with Gasteiger partial charge in [-0.1, -0.05) is 25.1 Å². The lowest BCUT2D eigenvalue weighted by atomic mass is 10.1. The van der Waals surface area contributed by atoms with Crippen LogP contribution in [0, 0.1) is 6.92 Å². The second kappa shape index (κ2) is 7.22. The molecule has 2 aromatic rings. The Labute approximate surface area is 138 Å². The van der Waals surface area contributed by atoms with E-state index in [1.807, 2.05) is 37.3 Å². The van der Waals surface area contributed by atoms with Gasteiger partial charge in [-0.2, -0.15) is 0 Å². The highest BCUT2D eigenvalue weighted by molar-refractivity contribution is 9.10. The lowest BCUT2D eigenvalue weighted by Gasteiger charge is -2.13. The summed E-state index contributed by atoms with van der Waals surface area (Å²) in [5.41, 5.74) is 2.76. The maximum Gasteiger partial charge on any atom is 0.256 e. The molecular formula is C17H17BrN2O2. The largest absolute Gasteiger partial charge is 0.326 e. The minimum Gasteiger partial charge on any atom is -0.326 e. The zero-order chi connectivity index (χ0) is 16.1. The Morgan fingerprint density at radius 1 is 1.00 bits per heavy atom. The molecule has 22 heavy (non-hydrogen) atoms. The molecule has 0 aliphatic carbocycles. The number of anilines is 2. The number of halogens is 1. The van der Waals surface area contributed by atoms with Crippen LogP contribution in [-0.4, -0.2) is 11.8 Å². The van der Waals surface area contributed by atoms with Crippen LogP contribution >= 0.6 is 15.9 Å². The van der Waals surface area contributed by atoms with Crippen molar-refractivity contribution in [3.05, 3.63) is 58.1 Å². The molecule has 0 saturated carbocycles. The first-order chi connectivity index (χ1) is 10.5. The lowest BCUT2D eigenvalue weighted by molar-refractivity contribution is -0.115. The third kappa shape index (κ3) is 3.74. The number of hydrogen-bond donors (Lipinski definition) is 2. The minimum atomic E-state index is -0.199. The molecule has 0 atom stereocenters. The summed E-state index contributed by atoms with van der Waals surface area (Å²) >= 11 is 3.37. The average Bonchev–Trinajstić information content (AvgIpc) is 2.51. The fraction of sp³-hybridized carbons (Fsp3) is 0.176. The predicted octanol–water partition coefficient (Wildman–Crippen LogP) is 4.36. The van der Waals surface area contributed by atoms with Crippen molar-refractivity contribution in [2.24, 2.45) is 0 Å². The standard InChI is InChI=1S/C17H17BrN2O2/c1-3-16(21)19-14-9-6-10-15(11(14)2)20-17(22)12-7-4-5-8-13(12)18/h4-10H,3H2,1-2H3,(H,19,21)(H,20,22). The van der Waals surface area contributed by atoms with E-state index in [0.29, 0.717) is 23.4 Å². The highest BCUT2D eigenvalue weighted by Gasteiger charge is 2.12. The molecule has 2 amide bonds. The van der Waals surface area contributed by atoms with Gasteiger partial charge >= 0.3 is 0 Å². The van der Waals surface area contributed by atoms with Crippen molar-refractivity contribution in [1.29, 1.82) is 0 Å². The quantitative estimate of drug-likeness (QED) is 0.850. The molecular weight excluding hydrogens is 344 g/mol. The Morgan fingerprint density at radius 2 is 1.64 bits per heavy atom. The molecule has 0 saturated heterocycles. The van der Waals surface area contributed by atoms with E-state index < -0.39 is 0 Å². The van der Waals surface area contributed by atoms with Crippen LogP contribution < -0.4 is 10.6 Å². The zero-order valence-electron chi connectivity index (χ0n) is 12.4. The van der Waals surface area contributed by atoms with Crippen molar-refractivity contribution in [1.82, 2.24) is 0 Å². The second-order valence-corrected chi connectivity index (χ2v) is 5.67. The van der Waals surface area contributed by atoms with Crippen molar-refractivity contribution in [3.63, 3.8) is 0 Å². The van der Waals surface area contributed by atoms with Gasteiger partial charge in [-0.15, -0.1) is 0 Å². The zero-order valence-corrected chi connectivity index (χ0v) is 14.0. The lowest BCUT2D eigenvalue weighted by Crippen LogP contribution is -2.15. The Bertz CT molecular complexity index is 714. The first kappa shape index (κ1) is 16.2. The van der Waals surface area contributed by atoms with Crippen molar-refractivity contribution >= 4 is 39.1 Å². The summed E-state index contributed by atoms with van der Waals surface area (Å²) in [5, 5.41) is 5.70. The van der Waals surface area contributed by atoms with Crippen LogP contribution in [0.3, 0.4) is 0 Å². The maximum absolute atomic E-state index is 12.3. The number of amides is 2. The van der Waals surface area contributed by atoms with Gasteiger partial charge in [0.05, 0.1) is 5.56 Å². The number of nitrogens with one attached hydrogen (secondary N) is 2. The fourth-order valence-corrected chi connectivity index (χ4v) is 2.44. The van der Waals surface area contributed by atoms with Crippen molar-refractivity contribution < 1.29 is 9.59 Å². The van der Waals surface area contributed by atoms with Crippen LogP contribution in [0.4, 0.5) is 11.4 Å². The van der Waals surface area contributed by atoms with E-state index in [0.717, 1.165) is 10.0 Å². The van der Waals surface area contributed by atoms with Gasteiger partial charge in [0.1, 0.15) is 0 Å². The molecule has 0 aliphatic heterocycles. The van der Waals surface area contributed by atoms with E-state index in [1.54, 1.807) is 19.1 Å². The summed E-state index contributed by atoms with van der Waals surface area (Å²) in [4.78, 5) is 23.9. The molecule has 114 valence electrons. The molecule has 4 nitrogen and oxygen atoms in total. The normalized spacial score (nSPS) is 10.1. The topological polar surface area (TPSA) is 58.2 Å². The molecule has 0 spiro atoms. The van der Waals surface area contributed by atoms with Gasteiger partial charge in [0.2, 0.25) is 5.91 Å². The molecule has 0 radical (unpaired) electrons. The van der Waals surface area contributed by atoms with Gasteiger partial charge in [0.25, 0.3) is 5.91 Å². The summed E-state index contributed by atoms with van der Waals surface area (Å²) in [5.74, 6) is -0.257. The maximum atomic E-state index is 12.3. The van der Waals surface area contributed by atoms with Crippen LogP contribution in [0.5, 0.6) is 0 Å². The third-order valence-corrected chi connectivity index (χ3v) is 3.99. The van der Waals surface area contributed by atoms with Crippen LogP contribution in [0.1, 0.15) is 29.3 Å². The highest BCUT2D eigenvalue weighted by atomic mass is 79.9. The summed E-state index contributed by atoms with van der Waals surface area (Å²) in [7, 11) is 0. The predicted molar refractivity (Wildman–Crippen MR) is 92.2 cm³/mol. The van der Waals surface area contributed by atoms with Gasteiger partial charge in [0.15, 0.2) is 0 Å². The van der Waals surface area contributed by atoms with Crippen LogP contribution in [0.25, 0.3) is 0 Å². The van der Waals surface area contributed by atoms with E-state index in [4.69, 9.17) is 0 Å². The van der Waals surface area contributed by atoms with Crippen LogP contribution in [0.2, 0.25) is 0 Å². The number of hydrogen-bond acceptors (Lipinski definition) is 2. The van der Waals surface area contributed by atoms with Gasteiger partial charge in [-0.25, -0.2) is 0 Å². The Hall–Kier alpha value is -2.14. The number of carbonyl (C=O) groups is 2. The van der Waals surface area contributed by atoms with Crippen molar-refractivity contribution in [2.75, 3.05) is 10.6 Å². The monoisotopic (exact) mass is 360 g/mol. The van der Waals surface area contributed by atoms with Crippen molar-refractivity contribution in [2.45, 2.75) is 20.3 Å². The first-order valence-corrected chi connectivity index (χ1v) is 7.77. The minimum absolute atomic E-state index is 0.0580. The first-order valence-electron chi connectivity index (χ1n) is 6.98. The molecule has 0 bridgehead atoms. The summed E-state index contributed by atoms with van der Waals surface area (Å²) in [6.07, 6.45) is 0.410. The van der Waals surface area contributed by atoms with Crippen LogP contribution in [0.15, 0.2) is 46.9 Å². The molecule has 2 aromatic carbocycles. The van der Waals surface area contributed by atoms with E-state index in [9.17, 15) is 9.59 Å². The Balaban J connectivity index is 2.23. The number of rotatable bonds is 4. The van der Waals surface area contributed by atoms with E-state index in [1.165, 1.54) is 0 Å². The van der Waals surface area contributed by atoms with E-state index in [-0.39, 0.29) is 11.8 Å². The molecule has 2 rings (SSSR count). The molecule has 0 unspecified atom stereocenters.